The summed E-state index contributed by atoms with van der Waals surface area (Å²) in [6.45, 7) is 4.20. The summed E-state index contributed by atoms with van der Waals surface area (Å²) in [7, 11) is 0. The zero-order valence-electron chi connectivity index (χ0n) is 16.3. The lowest BCUT2D eigenvalue weighted by atomic mass is 9.49. The van der Waals surface area contributed by atoms with Crippen LogP contribution in [0.15, 0.2) is 18.2 Å². The summed E-state index contributed by atoms with van der Waals surface area (Å²) in [5.41, 5.74) is 1.85. The predicted molar refractivity (Wildman–Crippen MR) is 112 cm³/mol. The van der Waals surface area contributed by atoms with E-state index in [1.165, 1.54) is 38.5 Å². The Morgan fingerprint density at radius 3 is 2.33 bits per heavy atom. The molecule has 3 N–H and O–H groups in total. The maximum absolute atomic E-state index is 12.7. The molecule has 1 aromatic rings. The summed E-state index contributed by atoms with van der Waals surface area (Å²) in [6.07, 6.45) is 8.36. The van der Waals surface area contributed by atoms with Gasteiger partial charge in [0.15, 0.2) is 5.11 Å². The number of phenolic OH excluding ortho intramolecular Hbond substituents is 1. The minimum Gasteiger partial charge on any atom is -0.506 e. The average Bonchev–Trinajstić information content (AvgIpc) is 2.54. The third-order valence-corrected chi connectivity index (χ3v) is 7.09. The second-order valence-electron chi connectivity index (χ2n) is 9.53. The number of aromatic hydroxyl groups is 1. The number of hydrogen-bond donors (Lipinski definition) is 3. The summed E-state index contributed by atoms with van der Waals surface area (Å²) in [5, 5.41) is 16.2. The number of amides is 1. The molecule has 4 aliphatic rings. The number of anilines is 1. The van der Waals surface area contributed by atoms with Gasteiger partial charge in [0.1, 0.15) is 5.75 Å². The Morgan fingerprint density at radius 2 is 1.78 bits per heavy atom. The van der Waals surface area contributed by atoms with Crippen molar-refractivity contribution in [2.24, 2.45) is 23.2 Å². The molecule has 4 saturated carbocycles. The van der Waals surface area contributed by atoms with Crippen molar-refractivity contribution in [3.8, 4) is 5.75 Å². The van der Waals surface area contributed by atoms with E-state index in [2.05, 4.69) is 24.5 Å². The van der Waals surface area contributed by atoms with Gasteiger partial charge in [-0.2, -0.15) is 0 Å². The van der Waals surface area contributed by atoms with E-state index >= 15 is 0 Å². The highest BCUT2D eigenvalue weighted by Crippen LogP contribution is 2.61. The first kappa shape index (κ1) is 18.7. The van der Waals surface area contributed by atoms with Crippen molar-refractivity contribution in [2.75, 3.05) is 5.32 Å². The van der Waals surface area contributed by atoms with Crippen LogP contribution in [0, 0.1) is 23.2 Å². The molecule has 0 aliphatic heterocycles. The van der Waals surface area contributed by atoms with Crippen LogP contribution in [0.5, 0.6) is 5.75 Å². The first-order chi connectivity index (χ1) is 12.8. The minimum atomic E-state index is 0.00829. The topological polar surface area (TPSA) is 61.4 Å². The normalized spacial score (nSPS) is 31.1. The highest BCUT2D eigenvalue weighted by atomic mass is 32.1. The van der Waals surface area contributed by atoms with E-state index in [9.17, 15) is 9.90 Å². The van der Waals surface area contributed by atoms with Crippen molar-refractivity contribution in [2.45, 2.75) is 64.7 Å². The van der Waals surface area contributed by atoms with E-state index in [0.29, 0.717) is 18.0 Å². The fraction of sp³-hybridized carbons (Fsp3) is 0.636. The van der Waals surface area contributed by atoms with E-state index in [0.717, 1.165) is 23.3 Å². The number of carbonyl (C=O) groups is 1. The molecule has 4 aliphatic carbocycles. The van der Waals surface area contributed by atoms with Crippen molar-refractivity contribution in [1.82, 2.24) is 5.32 Å². The molecule has 1 amide bonds. The molecule has 4 nitrogen and oxygen atoms in total. The Balaban J connectivity index is 1.36. The Morgan fingerprint density at radius 1 is 1.19 bits per heavy atom. The van der Waals surface area contributed by atoms with E-state index in [4.69, 9.17) is 12.2 Å². The minimum absolute atomic E-state index is 0.00829. The molecule has 146 valence electrons. The second kappa shape index (κ2) is 7.08. The van der Waals surface area contributed by atoms with Crippen LogP contribution in [0.2, 0.25) is 0 Å². The van der Waals surface area contributed by atoms with Gasteiger partial charge in [-0.1, -0.05) is 19.9 Å². The average molecular weight is 387 g/mol. The monoisotopic (exact) mass is 386 g/mol. The molecule has 0 saturated heterocycles. The zero-order chi connectivity index (χ0) is 19.2. The number of phenols is 1. The molecule has 5 heteroatoms. The lowest BCUT2D eigenvalue weighted by Crippen LogP contribution is -2.48. The maximum atomic E-state index is 12.7. The van der Waals surface area contributed by atoms with E-state index in [-0.39, 0.29) is 22.2 Å². The lowest BCUT2D eigenvalue weighted by molar-refractivity contribution is -0.127. The molecule has 4 bridgehead atoms. The molecule has 0 atom stereocenters. The fourth-order valence-electron chi connectivity index (χ4n) is 6.18. The van der Waals surface area contributed by atoms with Gasteiger partial charge < -0.3 is 15.7 Å². The van der Waals surface area contributed by atoms with Crippen LogP contribution >= 0.6 is 12.2 Å². The molecule has 4 fully saturated rings. The molecule has 27 heavy (non-hydrogen) atoms. The summed E-state index contributed by atoms with van der Waals surface area (Å²) in [6, 6.07) is 5.45. The largest absolute Gasteiger partial charge is 0.506 e. The van der Waals surface area contributed by atoms with Crippen LogP contribution in [0.1, 0.15) is 70.3 Å². The molecule has 5 rings (SSSR count). The second-order valence-corrected chi connectivity index (χ2v) is 9.94. The summed E-state index contributed by atoms with van der Waals surface area (Å²) in [5.74, 6) is 3.01. The van der Waals surface area contributed by atoms with E-state index < -0.39 is 0 Å². The van der Waals surface area contributed by atoms with Gasteiger partial charge in [-0.05, 0) is 97.5 Å². The van der Waals surface area contributed by atoms with Gasteiger partial charge in [0.05, 0.1) is 5.69 Å². The summed E-state index contributed by atoms with van der Waals surface area (Å²) < 4.78 is 0. The van der Waals surface area contributed by atoms with Crippen LogP contribution in [0.4, 0.5) is 5.69 Å². The van der Waals surface area contributed by atoms with Crippen molar-refractivity contribution >= 4 is 28.9 Å². The van der Waals surface area contributed by atoms with Gasteiger partial charge in [-0.15, -0.1) is 0 Å². The highest BCUT2D eigenvalue weighted by molar-refractivity contribution is 7.80. The number of hydrogen-bond acceptors (Lipinski definition) is 3. The Kier molecular flexibility index (Phi) is 4.91. The summed E-state index contributed by atoms with van der Waals surface area (Å²) >= 11 is 5.34. The predicted octanol–water partition coefficient (Wildman–Crippen LogP) is 4.94. The quantitative estimate of drug-likeness (QED) is 0.507. The number of rotatable bonds is 4. The fourth-order valence-corrected chi connectivity index (χ4v) is 6.41. The molecular formula is C22H30N2O2S. The van der Waals surface area contributed by atoms with Gasteiger partial charge in [0.2, 0.25) is 5.91 Å². The number of nitrogens with one attached hydrogen (secondary N) is 2. The molecule has 0 unspecified atom stereocenters. The Bertz CT molecular complexity index is 723. The van der Waals surface area contributed by atoms with Crippen molar-refractivity contribution < 1.29 is 9.90 Å². The van der Waals surface area contributed by atoms with Gasteiger partial charge in [-0.3, -0.25) is 4.79 Å². The Labute approximate surface area is 167 Å². The SMILES string of the molecule is CC(C)c1ccc(O)c(NC(=S)NC(=O)CC23CC4CC(CC(C4)C2)C3)c1. The molecule has 0 radical (unpaired) electrons. The Hall–Kier alpha value is -1.62. The molecule has 0 aromatic heterocycles. The van der Waals surface area contributed by atoms with Crippen molar-refractivity contribution in [1.29, 1.82) is 0 Å². The van der Waals surface area contributed by atoms with Crippen LogP contribution in [-0.4, -0.2) is 16.1 Å². The van der Waals surface area contributed by atoms with Crippen LogP contribution in [0.25, 0.3) is 0 Å². The van der Waals surface area contributed by atoms with Crippen LogP contribution < -0.4 is 10.6 Å². The van der Waals surface area contributed by atoms with Crippen LogP contribution in [0.3, 0.4) is 0 Å². The van der Waals surface area contributed by atoms with Gasteiger partial charge >= 0.3 is 0 Å². The lowest BCUT2D eigenvalue weighted by Gasteiger charge is -2.56. The smallest absolute Gasteiger partial charge is 0.226 e. The third kappa shape index (κ3) is 3.98. The third-order valence-electron chi connectivity index (χ3n) is 6.89. The van der Waals surface area contributed by atoms with Gasteiger partial charge in [-0.25, -0.2) is 0 Å². The summed E-state index contributed by atoms with van der Waals surface area (Å²) in [4.78, 5) is 12.7. The molecular weight excluding hydrogens is 356 g/mol. The molecule has 0 heterocycles. The van der Waals surface area contributed by atoms with Crippen molar-refractivity contribution in [3.05, 3.63) is 23.8 Å². The number of carbonyl (C=O) groups excluding carboxylic acids is 1. The van der Waals surface area contributed by atoms with E-state index in [1.807, 2.05) is 12.1 Å². The van der Waals surface area contributed by atoms with Gasteiger partial charge in [0.25, 0.3) is 0 Å². The number of thiocarbonyl (C=S) groups is 1. The maximum Gasteiger partial charge on any atom is 0.226 e. The first-order valence-corrected chi connectivity index (χ1v) is 10.7. The van der Waals surface area contributed by atoms with Crippen molar-refractivity contribution in [3.63, 3.8) is 0 Å². The van der Waals surface area contributed by atoms with E-state index in [1.54, 1.807) is 6.07 Å². The van der Waals surface area contributed by atoms with Gasteiger partial charge in [0, 0.05) is 6.42 Å². The van der Waals surface area contributed by atoms with Crippen LogP contribution in [-0.2, 0) is 4.79 Å². The standard InChI is InChI=1S/C22H30N2O2S/c1-13(2)17-3-4-19(25)18(8-17)23-21(27)24-20(26)12-22-9-14-5-15(10-22)7-16(6-14)11-22/h3-4,8,13-16,25H,5-7,9-12H2,1-2H3,(H2,23,24,26,27). The first-order valence-electron chi connectivity index (χ1n) is 10.3. The highest BCUT2D eigenvalue weighted by Gasteiger charge is 2.51. The molecule has 0 spiro atoms. The molecule has 1 aromatic carbocycles. The number of benzene rings is 1. The zero-order valence-corrected chi connectivity index (χ0v) is 17.1.